The van der Waals surface area contributed by atoms with E-state index in [2.05, 4.69) is 10.3 Å². The molecular formula is C11H19N3O2S. The molecule has 0 spiro atoms. The first-order chi connectivity index (χ1) is 7.69. The number of carbonyl (C=O) groups is 1. The predicted molar refractivity (Wildman–Crippen MR) is 69.3 cm³/mol. The maximum atomic E-state index is 11.5. The fourth-order valence-corrected chi connectivity index (χ4v) is 2.18. The molecule has 0 saturated heterocycles. The van der Waals surface area contributed by atoms with Crippen LogP contribution in [0.15, 0.2) is 0 Å². The van der Waals surface area contributed by atoms with Gasteiger partial charge in [-0.15, -0.1) is 0 Å². The zero-order chi connectivity index (χ0) is 13.2. The number of carbonyl (C=O) groups excluding carboxylic acids is 1. The van der Waals surface area contributed by atoms with Gasteiger partial charge in [0.2, 0.25) is 0 Å². The number of rotatable bonds is 2. The predicted octanol–water partition coefficient (Wildman–Crippen LogP) is 2.82. The summed E-state index contributed by atoms with van der Waals surface area (Å²) in [7, 11) is 0. The summed E-state index contributed by atoms with van der Waals surface area (Å²) < 4.78 is 5.14. The molecule has 1 amide bonds. The maximum absolute atomic E-state index is 11.5. The van der Waals surface area contributed by atoms with Crippen molar-refractivity contribution in [2.75, 3.05) is 5.32 Å². The molecular weight excluding hydrogens is 238 g/mol. The summed E-state index contributed by atoms with van der Waals surface area (Å²) in [6, 6.07) is -0.0818. The van der Waals surface area contributed by atoms with Gasteiger partial charge in [0.1, 0.15) is 5.60 Å². The van der Waals surface area contributed by atoms with Crippen molar-refractivity contribution >= 4 is 22.6 Å². The van der Waals surface area contributed by atoms with Gasteiger partial charge in [-0.2, -0.15) is 0 Å². The third kappa shape index (κ3) is 4.32. The van der Waals surface area contributed by atoms with Crippen molar-refractivity contribution in [1.82, 2.24) is 4.98 Å². The zero-order valence-electron chi connectivity index (χ0n) is 10.8. The Morgan fingerprint density at radius 2 is 2.12 bits per heavy atom. The Bertz CT molecular complexity index is 407. The molecule has 0 aliphatic carbocycles. The second-order valence-electron chi connectivity index (χ2n) is 4.88. The van der Waals surface area contributed by atoms with E-state index < -0.39 is 11.7 Å². The number of anilines is 1. The average Bonchev–Trinajstić information content (AvgIpc) is 2.42. The normalized spacial score (nSPS) is 13.3. The van der Waals surface area contributed by atoms with Crippen molar-refractivity contribution < 1.29 is 9.53 Å². The lowest BCUT2D eigenvalue weighted by Gasteiger charge is -2.18. The minimum atomic E-state index is -0.514. The first-order valence-corrected chi connectivity index (χ1v) is 6.23. The van der Waals surface area contributed by atoms with Crippen molar-refractivity contribution in [2.24, 2.45) is 5.73 Å². The summed E-state index contributed by atoms with van der Waals surface area (Å²) in [5.74, 6) is 0. The van der Waals surface area contributed by atoms with Gasteiger partial charge in [0.15, 0.2) is 5.13 Å². The molecule has 6 heteroatoms. The fraction of sp³-hybridized carbons (Fsp3) is 0.636. The summed E-state index contributed by atoms with van der Waals surface area (Å²) >= 11 is 1.37. The van der Waals surface area contributed by atoms with E-state index >= 15 is 0 Å². The van der Waals surface area contributed by atoms with E-state index in [1.165, 1.54) is 11.3 Å². The van der Waals surface area contributed by atoms with E-state index in [9.17, 15) is 4.79 Å². The van der Waals surface area contributed by atoms with Crippen LogP contribution in [-0.4, -0.2) is 16.7 Å². The van der Waals surface area contributed by atoms with E-state index in [-0.39, 0.29) is 6.04 Å². The summed E-state index contributed by atoms with van der Waals surface area (Å²) in [4.78, 5) is 16.7. The number of nitrogens with zero attached hydrogens (tertiary/aromatic N) is 1. The average molecular weight is 257 g/mol. The molecule has 17 heavy (non-hydrogen) atoms. The number of nitrogens with two attached hydrogens (primary N) is 1. The maximum Gasteiger partial charge on any atom is 0.413 e. The van der Waals surface area contributed by atoms with Crippen molar-refractivity contribution in [2.45, 2.75) is 46.3 Å². The molecule has 0 aliphatic heterocycles. The zero-order valence-corrected chi connectivity index (χ0v) is 11.6. The lowest BCUT2D eigenvalue weighted by Crippen LogP contribution is -2.27. The lowest BCUT2D eigenvalue weighted by atomic mass is 10.2. The summed E-state index contributed by atoms with van der Waals surface area (Å²) in [6.07, 6.45) is -0.498. The second kappa shape index (κ2) is 5.01. The van der Waals surface area contributed by atoms with Crippen LogP contribution in [-0.2, 0) is 4.74 Å². The van der Waals surface area contributed by atoms with Gasteiger partial charge in [0, 0.05) is 10.9 Å². The van der Waals surface area contributed by atoms with Gasteiger partial charge in [-0.1, -0.05) is 11.3 Å². The molecule has 1 atom stereocenters. The monoisotopic (exact) mass is 257 g/mol. The smallest absolute Gasteiger partial charge is 0.413 e. The highest BCUT2D eigenvalue weighted by Crippen LogP contribution is 2.27. The van der Waals surface area contributed by atoms with Gasteiger partial charge in [-0.05, 0) is 34.6 Å². The Morgan fingerprint density at radius 3 is 2.53 bits per heavy atom. The fourth-order valence-electron chi connectivity index (χ4n) is 1.28. The van der Waals surface area contributed by atoms with E-state index in [0.717, 1.165) is 10.6 Å². The number of hydrogen-bond acceptors (Lipinski definition) is 5. The molecule has 0 bridgehead atoms. The number of ether oxygens (including phenoxy) is 1. The highest BCUT2D eigenvalue weighted by atomic mass is 32.1. The Morgan fingerprint density at radius 1 is 1.53 bits per heavy atom. The number of hydrogen-bond donors (Lipinski definition) is 2. The molecule has 0 radical (unpaired) electrons. The minimum absolute atomic E-state index is 0.0818. The van der Waals surface area contributed by atoms with Gasteiger partial charge in [0.25, 0.3) is 0 Å². The molecule has 1 aromatic rings. The Labute approximate surface area is 105 Å². The quantitative estimate of drug-likeness (QED) is 0.854. The molecule has 0 aliphatic rings. The molecule has 96 valence electrons. The third-order valence-electron chi connectivity index (χ3n) is 1.85. The summed E-state index contributed by atoms with van der Waals surface area (Å²) in [6.45, 7) is 9.19. The first kappa shape index (κ1) is 13.9. The number of aryl methyl sites for hydroxylation is 1. The van der Waals surface area contributed by atoms with Gasteiger partial charge in [-0.25, -0.2) is 9.78 Å². The number of nitrogens with one attached hydrogen (secondary N) is 1. The standard InChI is InChI=1S/C11H19N3O2S/c1-6(12)8-7(2)13-9(17-8)14-10(15)16-11(3,4)5/h6H,12H2,1-5H3,(H,13,14,15)/t6-/m1/s1. The topological polar surface area (TPSA) is 77.2 Å². The van der Waals surface area contributed by atoms with Crippen LogP contribution in [0.2, 0.25) is 0 Å². The number of thiazole rings is 1. The highest BCUT2D eigenvalue weighted by Gasteiger charge is 2.18. The molecule has 0 aromatic carbocycles. The summed E-state index contributed by atoms with van der Waals surface area (Å²) in [5, 5.41) is 3.12. The Hall–Kier alpha value is -1.14. The van der Waals surface area contributed by atoms with Crippen LogP contribution < -0.4 is 11.1 Å². The molecule has 1 aromatic heterocycles. The van der Waals surface area contributed by atoms with Crippen molar-refractivity contribution in [3.63, 3.8) is 0 Å². The third-order valence-corrected chi connectivity index (χ3v) is 3.13. The van der Waals surface area contributed by atoms with E-state index in [0.29, 0.717) is 5.13 Å². The van der Waals surface area contributed by atoms with Gasteiger partial charge >= 0.3 is 6.09 Å². The van der Waals surface area contributed by atoms with Crippen LogP contribution in [0.3, 0.4) is 0 Å². The molecule has 0 unspecified atom stereocenters. The molecule has 1 heterocycles. The van der Waals surface area contributed by atoms with Gasteiger partial charge < -0.3 is 10.5 Å². The minimum Gasteiger partial charge on any atom is -0.444 e. The van der Waals surface area contributed by atoms with Gasteiger partial charge in [0.05, 0.1) is 5.69 Å². The number of amides is 1. The van der Waals surface area contributed by atoms with Crippen molar-refractivity contribution in [1.29, 1.82) is 0 Å². The van der Waals surface area contributed by atoms with E-state index in [4.69, 9.17) is 10.5 Å². The van der Waals surface area contributed by atoms with Crippen LogP contribution >= 0.6 is 11.3 Å². The molecule has 3 N–H and O–H groups in total. The Balaban J connectivity index is 2.70. The van der Waals surface area contributed by atoms with Crippen LogP contribution in [0.4, 0.5) is 9.93 Å². The van der Waals surface area contributed by atoms with Crippen LogP contribution in [0.25, 0.3) is 0 Å². The largest absolute Gasteiger partial charge is 0.444 e. The van der Waals surface area contributed by atoms with Crippen LogP contribution in [0.1, 0.15) is 44.3 Å². The van der Waals surface area contributed by atoms with Crippen molar-refractivity contribution in [3.8, 4) is 0 Å². The highest BCUT2D eigenvalue weighted by molar-refractivity contribution is 7.16. The van der Waals surface area contributed by atoms with Gasteiger partial charge in [-0.3, -0.25) is 5.32 Å². The molecule has 0 saturated carbocycles. The number of aromatic nitrogens is 1. The van der Waals surface area contributed by atoms with Crippen LogP contribution in [0, 0.1) is 6.92 Å². The van der Waals surface area contributed by atoms with E-state index in [1.54, 1.807) is 0 Å². The lowest BCUT2D eigenvalue weighted by molar-refractivity contribution is 0.0636. The summed E-state index contributed by atoms with van der Waals surface area (Å²) in [5.41, 5.74) is 6.12. The Kier molecular flexibility index (Phi) is 4.11. The molecule has 5 nitrogen and oxygen atoms in total. The van der Waals surface area contributed by atoms with Crippen LogP contribution in [0.5, 0.6) is 0 Å². The first-order valence-electron chi connectivity index (χ1n) is 5.42. The van der Waals surface area contributed by atoms with Crippen molar-refractivity contribution in [3.05, 3.63) is 10.6 Å². The molecule has 1 rings (SSSR count). The van der Waals surface area contributed by atoms with E-state index in [1.807, 2.05) is 34.6 Å². The molecule has 0 fully saturated rings. The second-order valence-corrected chi connectivity index (χ2v) is 5.91. The SMILES string of the molecule is Cc1nc(NC(=O)OC(C)(C)C)sc1[C@@H](C)N.